The van der Waals surface area contributed by atoms with Gasteiger partial charge in [-0.2, -0.15) is 11.8 Å². The molecule has 0 spiro atoms. The number of amides is 1. The van der Waals surface area contributed by atoms with Crippen LogP contribution in [0.4, 0.5) is 11.4 Å². The summed E-state index contributed by atoms with van der Waals surface area (Å²) in [6.07, 6.45) is 0.393. The Hall–Kier alpha value is -1.51. The number of hydrogen-bond acceptors (Lipinski definition) is 5. The largest absolute Gasteiger partial charge is 0.324 e. The molecule has 0 bridgehead atoms. The molecule has 2 rings (SSSR count). The number of para-hydroxylation sites is 2. The lowest BCUT2D eigenvalue weighted by molar-refractivity contribution is -0.115. The van der Waals surface area contributed by atoms with E-state index in [1.165, 1.54) is 6.07 Å². The van der Waals surface area contributed by atoms with Gasteiger partial charge in [-0.25, -0.2) is 8.42 Å². The molecule has 0 radical (unpaired) electrons. The van der Waals surface area contributed by atoms with Gasteiger partial charge in [-0.3, -0.25) is 9.52 Å². The summed E-state index contributed by atoms with van der Waals surface area (Å²) in [5.74, 6) is 1.57. The molecule has 23 heavy (non-hydrogen) atoms. The zero-order valence-corrected chi connectivity index (χ0v) is 15.1. The lowest BCUT2D eigenvalue weighted by Crippen LogP contribution is -2.16. The minimum atomic E-state index is -3.64. The van der Waals surface area contributed by atoms with Crippen LogP contribution in [0, 0.1) is 0 Å². The number of thiophene rings is 1. The molecule has 0 unspecified atom stereocenters. The third-order valence-corrected chi connectivity index (χ3v) is 6.55. The van der Waals surface area contributed by atoms with Crippen LogP contribution in [0.3, 0.4) is 0 Å². The molecule has 0 saturated heterocycles. The Balaban J connectivity index is 2.10. The molecular weight excluding hydrogens is 352 g/mol. The van der Waals surface area contributed by atoms with Crippen molar-refractivity contribution in [2.45, 2.75) is 17.6 Å². The first-order valence-corrected chi connectivity index (χ1v) is 10.6. The maximum atomic E-state index is 12.3. The third-order valence-electron chi connectivity index (χ3n) is 2.88. The first-order valence-electron chi connectivity index (χ1n) is 7.06. The number of rotatable bonds is 8. The summed E-state index contributed by atoms with van der Waals surface area (Å²) in [7, 11) is -3.64. The number of anilines is 2. The Kier molecular flexibility index (Phi) is 6.49. The number of benzene rings is 1. The molecule has 1 aromatic heterocycles. The van der Waals surface area contributed by atoms with Crippen LogP contribution in [0.25, 0.3) is 0 Å². The molecule has 8 heteroatoms. The summed E-state index contributed by atoms with van der Waals surface area (Å²) in [5.41, 5.74) is 0.816. The normalized spacial score (nSPS) is 11.2. The molecule has 0 aliphatic rings. The highest BCUT2D eigenvalue weighted by molar-refractivity contribution is 7.99. The zero-order chi connectivity index (χ0) is 16.7. The van der Waals surface area contributed by atoms with E-state index in [9.17, 15) is 13.2 Å². The molecule has 1 heterocycles. The summed E-state index contributed by atoms with van der Waals surface area (Å²) in [6, 6.07) is 9.99. The van der Waals surface area contributed by atoms with E-state index in [4.69, 9.17) is 0 Å². The Bertz CT molecular complexity index is 743. The number of nitrogens with one attached hydrogen (secondary N) is 2. The monoisotopic (exact) mass is 370 g/mol. The predicted molar refractivity (Wildman–Crippen MR) is 97.8 cm³/mol. The van der Waals surface area contributed by atoms with Crippen molar-refractivity contribution in [3.63, 3.8) is 0 Å². The summed E-state index contributed by atoms with van der Waals surface area (Å²) in [4.78, 5) is 11.9. The van der Waals surface area contributed by atoms with Gasteiger partial charge >= 0.3 is 0 Å². The van der Waals surface area contributed by atoms with Crippen LogP contribution < -0.4 is 10.0 Å². The van der Waals surface area contributed by atoms with Gasteiger partial charge in [0.1, 0.15) is 4.21 Å². The average Bonchev–Trinajstić information content (AvgIpc) is 3.04. The van der Waals surface area contributed by atoms with Gasteiger partial charge in [-0.1, -0.05) is 25.1 Å². The van der Waals surface area contributed by atoms with Crippen molar-refractivity contribution in [3.8, 4) is 0 Å². The van der Waals surface area contributed by atoms with Gasteiger partial charge in [-0.05, 0) is 29.3 Å². The lowest BCUT2D eigenvalue weighted by Gasteiger charge is -2.12. The molecule has 2 N–H and O–H groups in total. The average molecular weight is 371 g/mol. The van der Waals surface area contributed by atoms with Gasteiger partial charge < -0.3 is 5.32 Å². The van der Waals surface area contributed by atoms with Crippen molar-refractivity contribution in [1.29, 1.82) is 0 Å². The van der Waals surface area contributed by atoms with E-state index in [1.54, 1.807) is 47.5 Å². The predicted octanol–water partition coefficient (Wildman–Crippen LogP) is 3.63. The van der Waals surface area contributed by atoms with E-state index in [1.807, 2.05) is 6.92 Å². The number of carbonyl (C=O) groups excluding carboxylic acids is 1. The minimum Gasteiger partial charge on any atom is -0.324 e. The van der Waals surface area contributed by atoms with Crippen LogP contribution in [0.1, 0.15) is 13.3 Å². The van der Waals surface area contributed by atoms with Gasteiger partial charge in [0, 0.05) is 12.2 Å². The second-order valence-electron chi connectivity index (χ2n) is 4.58. The topological polar surface area (TPSA) is 75.3 Å². The minimum absolute atomic E-state index is 0.131. The molecule has 0 fully saturated rings. The molecule has 1 amide bonds. The van der Waals surface area contributed by atoms with Crippen molar-refractivity contribution in [1.82, 2.24) is 0 Å². The van der Waals surface area contributed by atoms with E-state index in [2.05, 4.69) is 10.0 Å². The van der Waals surface area contributed by atoms with Crippen LogP contribution >= 0.6 is 23.1 Å². The SMILES string of the molecule is CCSCCC(=O)Nc1ccccc1NS(=O)(=O)c1cccs1. The zero-order valence-electron chi connectivity index (χ0n) is 12.6. The Morgan fingerprint density at radius 1 is 1.17 bits per heavy atom. The maximum absolute atomic E-state index is 12.3. The summed E-state index contributed by atoms with van der Waals surface area (Å²) >= 11 is 2.83. The standard InChI is InChI=1S/C15H18N2O3S3/c1-2-21-11-9-14(18)16-12-6-3-4-7-13(12)17-23(19,20)15-8-5-10-22-15/h3-8,10,17H,2,9,11H2,1H3,(H,16,18). The van der Waals surface area contributed by atoms with Crippen LogP contribution in [0.15, 0.2) is 46.0 Å². The summed E-state index contributed by atoms with van der Waals surface area (Å²) in [5, 5.41) is 4.46. The van der Waals surface area contributed by atoms with E-state index >= 15 is 0 Å². The van der Waals surface area contributed by atoms with Crippen LogP contribution in [-0.2, 0) is 14.8 Å². The lowest BCUT2D eigenvalue weighted by atomic mass is 10.2. The number of hydrogen-bond donors (Lipinski definition) is 2. The first kappa shape index (κ1) is 17.8. The number of thioether (sulfide) groups is 1. The van der Waals surface area contributed by atoms with E-state index in [-0.39, 0.29) is 10.1 Å². The number of sulfonamides is 1. The fourth-order valence-electron chi connectivity index (χ4n) is 1.81. The van der Waals surface area contributed by atoms with E-state index in [0.717, 1.165) is 22.8 Å². The Labute approximate surface area is 144 Å². The van der Waals surface area contributed by atoms with E-state index < -0.39 is 10.0 Å². The molecule has 1 aromatic carbocycles. The fraction of sp³-hybridized carbons (Fsp3) is 0.267. The fourth-order valence-corrected chi connectivity index (χ4v) is 4.51. The number of carbonyl (C=O) groups is 1. The highest BCUT2D eigenvalue weighted by Gasteiger charge is 2.17. The van der Waals surface area contributed by atoms with Gasteiger partial charge in [0.25, 0.3) is 10.0 Å². The Morgan fingerprint density at radius 3 is 2.57 bits per heavy atom. The summed E-state index contributed by atoms with van der Waals surface area (Å²) < 4.78 is 27.3. The van der Waals surface area contributed by atoms with Gasteiger partial charge in [0.15, 0.2) is 0 Å². The van der Waals surface area contributed by atoms with Crippen LogP contribution in [0.5, 0.6) is 0 Å². The van der Waals surface area contributed by atoms with Crippen molar-refractivity contribution in [3.05, 3.63) is 41.8 Å². The molecule has 0 aliphatic heterocycles. The van der Waals surface area contributed by atoms with Crippen molar-refractivity contribution >= 4 is 50.4 Å². The van der Waals surface area contributed by atoms with Gasteiger partial charge in [0.2, 0.25) is 5.91 Å². The van der Waals surface area contributed by atoms with Crippen LogP contribution in [-0.4, -0.2) is 25.8 Å². The van der Waals surface area contributed by atoms with E-state index in [0.29, 0.717) is 17.8 Å². The van der Waals surface area contributed by atoms with Gasteiger partial charge in [-0.15, -0.1) is 11.3 Å². The quantitative estimate of drug-likeness (QED) is 0.696. The second-order valence-corrected chi connectivity index (χ2v) is 8.83. The molecule has 2 aromatic rings. The molecular formula is C15H18N2O3S3. The van der Waals surface area contributed by atoms with Crippen molar-refractivity contribution in [2.75, 3.05) is 21.5 Å². The molecule has 5 nitrogen and oxygen atoms in total. The first-order chi connectivity index (χ1) is 11.0. The van der Waals surface area contributed by atoms with Gasteiger partial charge in [0.05, 0.1) is 11.4 Å². The molecule has 0 saturated carbocycles. The molecule has 0 atom stereocenters. The molecule has 0 aliphatic carbocycles. The highest BCUT2D eigenvalue weighted by atomic mass is 32.2. The second kappa shape index (κ2) is 8.37. The highest BCUT2D eigenvalue weighted by Crippen LogP contribution is 2.26. The van der Waals surface area contributed by atoms with Crippen molar-refractivity contribution < 1.29 is 13.2 Å². The third kappa shape index (κ3) is 5.26. The van der Waals surface area contributed by atoms with Crippen molar-refractivity contribution in [2.24, 2.45) is 0 Å². The Morgan fingerprint density at radius 2 is 1.91 bits per heavy atom. The van der Waals surface area contributed by atoms with Crippen LogP contribution in [0.2, 0.25) is 0 Å². The summed E-state index contributed by atoms with van der Waals surface area (Å²) in [6.45, 7) is 2.04. The smallest absolute Gasteiger partial charge is 0.271 e. The maximum Gasteiger partial charge on any atom is 0.271 e. The molecule has 124 valence electrons.